The van der Waals surface area contributed by atoms with E-state index < -0.39 is 5.82 Å². The third-order valence-electron chi connectivity index (χ3n) is 3.26. The summed E-state index contributed by atoms with van der Waals surface area (Å²) in [5.41, 5.74) is 6.34. The summed E-state index contributed by atoms with van der Waals surface area (Å²) < 4.78 is 18.4. The molecule has 1 amide bonds. The van der Waals surface area contributed by atoms with Crippen LogP contribution in [0.25, 0.3) is 0 Å². The second-order valence-corrected chi connectivity index (χ2v) is 6.15. The normalized spacial score (nSPS) is 21.9. The number of hydrogen-bond acceptors (Lipinski definition) is 4. The average molecular weight is 298 g/mol. The fourth-order valence-corrected chi connectivity index (χ4v) is 3.31. The third-order valence-corrected chi connectivity index (χ3v) is 4.74. The van der Waals surface area contributed by atoms with Crippen molar-refractivity contribution in [3.63, 3.8) is 0 Å². The zero-order valence-electron chi connectivity index (χ0n) is 11.4. The Morgan fingerprint density at radius 2 is 2.40 bits per heavy atom. The van der Waals surface area contributed by atoms with Crippen molar-refractivity contribution in [3.05, 3.63) is 24.0 Å². The van der Waals surface area contributed by atoms with Crippen LogP contribution >= 0.6 is 11.8 Å². The van der Waals surface area contributed by atoms with Crippen molar-refractivity contribution in [1.82, 2.24) is 0 Å². The molecule has 4 nitrogen and oxygen atoms in total. The predicted octanol–water partition coefficient (Wildman–Crippen LogP) is 2.65. The number of rotatable bonds is 5. The van der Waals surface area contributed by atoms with E-state index in [-0.39, 0.29) is 17.7 Å². The van der Waals surface area contributed by atoms with Crippen molar-refractivity contribution in [3.8, 4) is 0 Å². The maximum Gasteiger partial charge on any atom is 0.225 e. The lowest BCUT2D eigenvalue weighted by atomic mass is 10.2. The largest absolute Gasteiger partial charge is 0.397 e. The van der Waals surface area contributed by atoms with Gasteiger partial charge in [-0.25, -0.2) is 4.39 Å². The van der Waals surface area contributed by atoms with Crippen LogP contribution in [0.2, 0.25) is 0 Å². The second-order valence-electron chi connectivity index (χ2n) is 4.80. The number of nitrogens with two attached hydrogens (primary N) is 1. The maximum absolute atomic E-state index is 12.9. The molecule has 110 valence electrons. The van der Waals surface area contributed by atoms with E-state index in [9.17, 15) is 9.18 Å². The molecule has 1 aromatic rings. The van der Waals surface area contributed by atoms with Gasteiger partial charge in [-0.1, -0.05) is 0 Å². The van der Waals surface area contributed by atoms with Crippen molar-refractivity contribution in [1.29, 1.82) is 0 Å². The van der Waals surface area contributed by atoms with Gasteiger partial charge in [0.2, 0.25) is 5.91 Å². The number of hydrogen-bond donors (Lipinski definition) is 2. The summed E-state index contributed by atoms with van der Waals surface area (Å²) >= 11 is 1.76. The van der Waals surface area contributed by atoms with Crippen molar-refractivity contribution in [2.45, 2.75) is 31.1 Å². The van der Waals surface area contributed by atoms with Crippen LogP contribution in [0.15, 0.2) is 18.2 Å². The molecule has 1 heterocycles. The van der Waals surface area contributed by atoms with Crippen LogP contribution in [0, 0.1) is 5.82 Å². The third kappa shape index (κ3) is 4.11. The highest BCUT2D eigenvalue weighted by molar-refractivity contribution is 7.99. The molecule has 0 radical (unpaired) electrons. The van der Waals surface area contributed by atoms with Gasteiger partial charge in [0, 0.05) is 24.0 Å². The standard InChI is InChI=1S/C14H19FN2O2S/c1-9-13(4-6-19-9)20-7-5-14(18)17-12-3-2-10(15)8-11(12)16/h2-3,8-9,13H,4-7,16H2,1H3,(H,17,18). The smallest absolute Gasteiger partial charge is 0.225 e. The van der Waals surface area contributed by atoms with Crippen molar-refractivity contribution in [2.24, 2.45) is 0 Å². The summed E-state index contributed by atoms with van der Waals surface area (Å²) in [5.74, 6) is 0.222. The van der Waals surface area contributed by atoms with Gasteiger partial charge in [0.1, 0.15) is 5.82 Å². The zero-order chi connectivity index (χ0) is 14.5. The maximum atomic E-state index is 12.9. The van der Waals surface area contributed by atoms with Crippen molar-refractivity contribution in [2.75, 3.05) is 23.4 Å². The van der Waals surface area contributed by atoms with Crippen LogP contribution in [0.1, 0.15) is 19.8 Å². The highest BCUT2D eigenvalue weighted by Gasteiger charge is 2.24. The van der Waals surface area contributed by atoms with Crippen LogP contribution in [0.3, 0.4) is 0 Å². The van der Waals surface area contributed by atoms with Crippen molar-refractivity contribution >= 4 is 29.0 Å². The van der Waals surface area contributed by atoms with E-state index in [1.807, 2.05) is 0 Å². The Bertz CT molecular complexity index is 484. The lowest BCUT2D eigenvalue weighted by molar-refractivity contribution is -0.115. The van der Waals surface area contributed by atoms with Gasteiger partial charge >= 0.3 is 0 Å². The number of carbonyl (C=O) groups is 1. The monoisotopic (exact) mass is 298 g/mol. The first-order chi connectivity index (χ1) is 9.56. The molecule has 1 aliphatic heterocycles. The van der Waals surface area contributed by atoms with Crippen LogP contribution in [0.4, 0.5) is 15.8 Å². The van der Waals surface area contributed by atoms with Crippen LogP contribution < -0.4 is 11.1 Å². The molecule has 1 saturated heterocycles. The Labute approximate surface area is 122 Å². The van der Waals surface area contributed by atoms with Crippen molar-refractivity contribution < 1.29 is 13.9 Å². The van der Waals surface area contributed by atoms with Gasteiger partial charge in [0.15, 0.2) is 0 Å². The van der Waals surface area contributed by atoms with E-state index in [0.717, 1.165) is 18.8 Å². The topological polar surface area (TPSA) is 64.3 Å². The number of amides is 1. The quantitative estimate of drug-likeness (QED) is 0.820. The second kappa shape index (κ2) is 6.95. The molecule has 0 saturated carbocycles. The lowest BCUT2D eigenvalue weighted by Gasteiger charge is -2.13. The number of benzene rings is 1. The number of nitrogens with one attached hydrogen (secondary N) is 1. The molecule has 2 rings (SSSR count). The first-order valence-corrected chi connectivity index (χ1v) is 7.69. The minimum absolute atomic E-state index is 0.109. The van der Waals surface area contributed by atoms with Crippen LogP contribution in [0.5, 0.6) is 0 Å². The molecule has 0 aliphatic carbocycles. The molecule has 0 bridgehead atoms. The minimum atomic E-state index is -0.411. The molecule has 0 spiro atoms. The Balaban J connectivity index is 1.75. The first-order valence-electron chi connectivity index (χ1n) is 6.64. The summed E-state index contributed by atoms with van der Waals surface area (Å²) in [4.78, 5) is 11.8. The number of halogens is 1. The molecule has 3 N–H and O–H groups in total. The number of ether oxygens (including phenoxy) is 1. The summed E-state index contributed by atoms with van der Waals surface area (Å²) in [6.45, 7) is 2.86. The van der Waals surface area contributed by atoms with E-state index in [2.05, 4.69) is 12.2 Å². The van der Waals surface area contributed by atoms with E-state index in [4.69, 9.17) is 10.5 Å². The Morgan fingerprint density at radius 3 is 3.05 bits per heavy atom. The fourth-order valence-electron chi connectivity index (χ4n) is 2.09. The molecule has 1 fully saturated rings. The van der Waals surface area contributed by atoms with E-state index in [1.54, 1.807) is 11.8 Å². The molecular weight excluding hydrogens is 279 g/mol. The number of thioether (sulfide) groups is 1. The first kappa shape index (κ1) is 15.1. The summed E-state index contributed by atoms with van der Waals surface area (Å²) in [7, 11) is 0. The molecule has 1 aliphatic rings. The summed E-state index contributed by atoms with van der Waals surface area (Å²) in [6.07, 6.45) is 1.71. The number of carbonyl (C=O) groups excluding carboxylic acids is 1. The van der Waals surface area contributed by atoms with Gasteiger partial charge in [-0.2, -0.15) is 11.8 Å². The van der Waals surface area contributed by atoms with Gasteiger partial charge in [-0.15, -0.1) is 0 Å². The summed E-state index contributed by atoms with van der Waals surface area (Å²) in [6, 6.07) is 3.95. The van der Waals surface area contributed by atoms with Crippen LogP contribution in [-0.4, -0.2) is 29.6 Å². The van der Waals surface area contributed by atoms with E-state index in [0.29, 0.717) is 17.4 Å². The molecule has 20 heavy (non-hydrogen) atoms. The summed E-state index contributed by atoms with van der Waals surface area (Å²) in [5, 5.41) is 3.17. The number of anilines is 2. The Morgan fingerprint density at radius 1 is 1.60 bits per heavy atom. The Hall–Kier alpha value is -1.27. The van der Waals surface area contributed by atoms with Gasteiger partial charge in [-0.05, 0) is 31.5 Å². The van der Waals surface area contributed by atoms with E-state index in [1.165, 1.54) is 18.2 Å². The zero-order valence-corrected chi connectivity index (χ0v) is 12.2. The van der Waals surface area contributed by atoms with Gasteiger partial charge < -0.3 is 15.8 Å². The highest BCUT2D eigenvalue weighted by atomic mass is 32.2. The SMILES string of the molecule is CC1OCCC1SCCC(=O)Nc1ccc(F)cc1N. The highest BCUT2D eigenvalue weighted by Crippen LogP contribution is 2.27. The molecule has 1 aromatic carbocycles. The number of nitrogen functional groups attached to an aromatic ring is 1. The molecule has 2 unspecified atom stereocenters. The Kier molecular flexibility index (Phi) is 5.25. The molecular formula is C14H19FN2O2S. The van der Waals surface area contributed by atoms with Gasteiger partial charge in [0.05, 0.1) is 17.5 Å². The molecule has 2 atom stereocenters. The fraction of sp³-hybridized carbons (Fsp3) is 0.500. The van der Waals surface area contributed by atoms with Gasteiger partial charge in [0.25, 0.3) is 0 Å². The van der Waals surface area contributed by atoms with E-state index >= 15 is 0 Å². The predicted molar refractivity (Wildman–Crippen MR) is 80.3 cm³/mol. The molecule has 6 heteroatoms. The average Bonchev–Trinajstić information content (AvgIpc) is 2.79. The lowest BCUT2D eigenvalue weighted by Crippen LogP contribution is -2.17. The van der Waals surface area contributed by atoms with Crippen LogP contribution in [-0.2, 0) is 9.53 Å². The van der Waals surface area contributed by atoms with Gasteiger partial charge in [-0.3, -0.25) is 4.79 Å². The molecule has 0 aromatic heterocycles. The minimum Gasteiger partial charge on any atom is -0.397 e.